The second kappa shape index (κ2) is 5.12. The maximum Gasteiger partial charge on any atom is 0.264 e. The average Bonchev–Trinajstić information content (AvgIpc) is 2.78. The summed E-state index contributed by atoms with van der Waals surface area (Å²) in [6, 6.07) is 1.79. The zero-order chi connectivity index (χ0) is 13.5. The summed E-state index contributed by atoms with van der Waals surface area (Å²) in [6.07, 6.45) is 0.968. The molecule has 0 aliphatic carbocycles. The molecule has 1 aliphatic heterocycles. The molecule has 3 nitrogen and oxygen atoms in total. The number of carbonyl (C=O) groups is 1. The Morgan fingerprint density at radius 2 is 2.39 bits per heavy atom. The Labute approximate surface area is 124 Å². The summed E-state index contributed by atoms with van der Waals surface area (Å²) < 4.78 is 1.40. The van der Waals surface area contributed by atoms with Gasteiger partial charge in [-0.1, -0.05) is 11.6 Å². The first kappa shape index (κ1) is 14.3. The fraction of sp³-hybridized carbons (Fsp3) is 0.583. The second-order valence-electron chi connectivity index (χ2n) is 5.06. The third kappa shape index (κ3) is 2.33. The molecule has 0 aromatic carbocycles. The van der Waals surface area contributed by atoms with Gasteiger partial charge >= 0.3 is 0 Å². The van der Waals surface area contributed by atoms with Crippen molar-refractivity contribution < 1.29 is 4.79 Å². The van der Waals surface area contributed by atoms with E-state index in [0.29, 0.717) is 21.7 Å². The molecule has 1 unspecified atom stereocenters. The van der Waals surface area contributed by atoms with Crippen LogP contribution < -0.4 is 5.73 Å². The lowest BCUT2D eigenvalue weighted by Crippen LogP contribution is -2.47. The van der Waals surface area contributed by atoms with Gasteiger partial charge in [0.1, 0.15) is 4.34 Å². The van der Waals surface area contributed by atoms with Gasteiger partial charge in [-0.2, -0.15) is 0 Å². The minimum absolute atomic E-state index is 0.0496. The first-order valence-electron chi connectivity index (χ1n) is 5.84. The van der Waals surface area contributed by atoms with E-state index in [-0.39, 0.29) is 11.4 Å². The van der Waals surface area contributed by atoms with Crippen LogP contribution in [0.15, 0.2) is 10.5 Å². The van der Waals surface area contributed by atoms with Crippen LogP contribution in [0.4, 0.5) is 0 Å². The van der Waals surface area contributed by atoms with Gasteiger partial charge in [-0.25, -0.2) is 0 Å². The van der Waals surface area contributed by atoms with Crippen LogP contribution in [-0.2, 0) is 0 Å². The lowest BCUT2D eigenvalue weighted by atomic mass is 9.88. The van der Waals surface area contributed by atoms with E-state index in [1.54, 1.807) is 6.07 Å². The van der Waals surface area contributed by atoms with Crippen LogP contribution in [0.3, 0.4) is 0 Å². The highest BCUT2D eigenvalue weighted by Gasteiger charge is 2.43. The summed E-state index contributed by atoms with van der Waals surface area (Å²) in [5.41, 5.74) is 5.59. The van der Waals surface area contributed by atoms with Crippen LogP contribution >= 0.6 is 38.9 Å². The average molecular weight is 352 g/mol. The van der Waals surface area contributed by atoms with Crippen molar-refractivity contribution in [3.63, 3.8) is 0 Å². The molecular formula is C12H16BrClN2OS. The number of nitrogens with two attached hydrogens (primary N) is 1. The van der Waals surface area contributed by atoms with Crippen LogP contribution in [0.25, 0.3) is 0 Å². The van der Waals surface area contributed by atoms with Gasteiger partial charge in [0.2, 0.25) is 0 Å². The molecule has 1 fully saturated rings. The van der Waals surface area contributed by atoms with E-state index >= 15 is 0 Å². The Bertz CT molecular complexity index is 455. The fourth-order valence-corrected chi connectivity index (χ4v) is 4.15. The van der Waals surface area contributed by atoms with Crippen molar-refractivity contribution in [2.24, 2.45) is 11.7 Å². The Morgan fingerprint density at radius 1 is 1.72 bits per heavy atom. The molecule has 1 aromatic heterocycles. The molecule has 2 heterocycles. The second-order valence-corrected chi connectivity index (χ2v) is 7.57. The highest BCUT2D eigenvalue weighted by atomic mass is 79.9. The number of halogens is 2. The molecule has 18 heavy (non-hydrogen) atoms. The molecule has 1 aliphatic rings. The van der Waals surface area contributed by atoms with Crippen molar-refractivity contribution in [2.75, 3.05) is 13.1 Å². The van der Waals surface area contributed by atoms with Crippen molar-refractivity contribution in [3.05, 3.63) is 19.8 Å². The van der Waals surface area contributed by atoms with Crippen LogP contribution in [0.5, 0.6) is 0 Å². The molecule has 100 valence electrons. The van der Waals surface area contributed by atoms with E-state index in [2.05, 4.69) is 29.8 Å². The van der Waals surface area contributed by atoms with Gasteiger partial charge in [-0.15, -0.1) is 11.3 Å². The van der Waals surface area contributed by atoms with E-state index in [4.69, 9.17) is 17.3 Å². The van der Waals surface area contributed by atoms with E-state index < -0.39 is 0 Å². The maximum atomic E-state index is 12.5. The predicted molar refractivity (Wildman–Crippen MR) is 79.3 cm³/mol. The molecule has 1 atom stereocenters. The number of amides is 1. The third-order valence-electron chi connectivity index (χ3n) is 3.78. The molecular weight excluding hydrogens is 336 g/mol. The molecule has 0 radical (unpaired) electrons. The van der Waals surface area contributed by atoms with Crippen molar-refractivity contribution in [1.29, 1.82) is 0 Å². The fourth-order valence-electron chi connectivity index (χ4n) is 2.50. The zero-order valence-electron chi connectivity index (χ0n) is 10.4. The lowest BCUT2D eigenvalue weighted by molar-refractivity contribution is 0.0612. The first-order valence-corrected chi connectivity index (χ1v) is 7.83. The topological polar surface area (TPSA) is 46.3 Å². The number of rotatable bonds is 2. The number of hydrogen-bond donors (Lipinski definition) is 1. The Morgan fingerprint density at radius 3 is 2.83 bits per heavy atom. The van der Waals surface area contributed by atoms with Gasteiger partial charge in [-0.05, 0) is 54.7 Å². The van der Waals surface area contributed by atoms with Gasteiger partial charge in [0, 0.05) is 16.6 Å². The zero-order valence-corrected chi connectivity index (χ0v) is 13.5. The number of carbonyl (C=O) groups excluding carboxylic acids is 1. The van der Waals surface area contributed by atoms with Crippen molar-refractivity contribution in [2.45, 2.75) is 25.8 Å². The van der Waals surface area contributed by atoms with Crippen LogP contribution in [0, 0.1) is 5.92 Å². The summed E-state index contributed by atoms with van der Waals surface area (Å²) in [5, 5.41) is 0. The van der Waals surface area contributed by atoms with Gasteiger partial charge in [-0.3, -0.25) is 4.79 Å². The Hall–Kier alpha value is -0.100. The maximum absolute atomic E-state index is 12.5. The molecule has 0 saturated carbocycles. The van der Waals surface area contributed by atoms with E-state index in [9.17, 15) is 4.79 Å². The molecule has 0 spiro atoms. The number of hydrogen-bond acceptors (Lipinski definition) is 3. The number of likely N-dealkylation sites (tertiary alicyclic amines) is 1. The Kier molecular flexibility index (Phi) is 4.07. The standard InChI is InChI=1S/C12H16BrClN2OS/c1-12(2)7(6-15)3-4-16(12)11(17)9-5-8(13)10(14)18-9/h5,7H,3-4,6,15H2,1-2H3. The molecule has 1 amide bonds. The highest BCUT2D eigenvalue weighted by molar-refractivity contribution is 9.10. The van der Waals surface area contributed by atoms with E-state index in [1.165, 1.54) is 11.3 Å². The molecule has 1 aromatic rings. The van der Waals surface area contributed by atoms with E-state index in [0.717, 1.165) is 17.4 Å². The number of nitrogens with zero attached hydrogens (tertiary/aromatic N) is 1. The number of thiophene rings is 1. The van der Waals surface area contributed by atoms with Crippen LogP contribution in [0.1, 0.15) is 29.9 Å². The van der Waals surface area contributed by atoms with Gasteiger partial charge < -0.3 is 10.6 Å². The van der Waals surface area contributed by atoms with Crippen molar-refractivity contribution in [3.8, 4) is 0 Å². The summed E-state index contributed by atoms with van der Waals surface area (Å²) in [5.74, 6) is 0.411. The predicted octanol–water partition coefficient (Wildman–Crippen LogP) is 3.36. The van der Waals surface area contributed by atoms with Gasteiger partial charge in [0.15, 0.2) is 0 Å². The summed E-state index contributed by atoms with van der Waals surface area (Å²) >= 11 is 10.6. The molecule has 2 N–H and O–H groups in total. The van der Waals surface area contributed by atoms with Crippen LogP contribution in [-0.4, -0.2) is 29.4 Å². The van der Waals surface area contributed by atoms with Gasteiger partial charge in [0.05, 0.1) is 4.88 Å². The first-order chi connectivity index (χ1) is 8.37. The minimum Gasteiger partial charge on any atom is -0.332 e. The summed E-state index contributed by atoms with van der Waals surface area (Å²) in [6.45, 7) is 5.55. The van der Waals surface area contributed by atoms with Crippen molar-refractivity contribution in [1.82, 2.24) is 4.90 Å². The van der Waals surface area contributed by atoms with Crippen LogP contribution in [0.2, 0.25) is 4.34 Å². The summed E-state index contributed by atoms with van der Waals surface area (Å²) in [7, 11) is 0. The largest absolute Gasteiger partial charge is 0.332 e. The molecule has 6 heteroatoms. The molecule has 2 rings (SSSR count). The third-order valence-corrected chi connectivity index (χ3v) is 6.24. The minimum atomic E-state index is -0.186. The molecule has 0 bridgehead atoms. The van der Waals surface area contributed by atoms with Crippen molar-refractivity contribution >= 4 is 44.8 Å². The monoisotopic (exact) mass is 350 g/mol. The van der Waals surface area contributed by atoms with E-state index in [1.807, 2.05) is 4.90 Å². The van der Waals surface area contributed by atoms with Gasteiger partial charge in [0.25, 0.3) is 5.91 Å². The highest BCUT2D eigenvalue weighted by Crippen LogP contribution is 2.38. The quantitative estimate of drug-likeness (QED) is 0.888. The smallest absolute Gasteiger partial charge is 0.264 e. The Balaban J connectivity index is 2.25. The lowest BCUT2D eigenvalue weighted by Gasteiger charge is -2.35. The summed E-state index contributed by atoms with van der Waals surface area (Å²) in [4.78, 5) is 15.1. The molecule has 1 saturated heterocycles. The SMILES string of the molecule is CC1(C)C(CN)CCN1C(=O)c1cc(Br)c(Cl)s1. The normalized spacial score (nSPS) is 22.5.